The molecule has 0 saturated carbocycles. The SMILES string of the molecule is Cc1cc(N(CC(=O)[O-])NC(N)=O)ccc1F. The van der Waals surface area contributed by atoms with Crippen molar-refractivity contribution in [1.29, 1.82) is 0 Å². The summed E-state index contributed by atoms with van der Waals surface area (Å²) in [4.78, 5) is 21.2. The normalized spacial score (nSPS) is 9.76. The lowest BCUT2D eigenvalue weighted by atomic mass is 10.2. The molecule has 0 bridgehead atoms. The highest BCUT2D eigenvalue weighted by Gasteiger charge is 2.10. The van der Waals surface area contributed by atoms with Crippen LogP contribution >= 0.6 is 0 Å². The summed E-state index contributed by atoms with van der Waals surface area (Å²) >= 11 is 0. The molecule has 2 amide bonds. The molecule has 7 heteroatoms. The van der Waals surface area contributed by atoms with E-state index in [1.807, 2.05) is 0 Å². The van der Waals surface area contributed by atoms with Gasteiger partial charge in [0.05, 0.1) is 18.2 Å². The lowest BCUT2D eigenvalue weighted by molar-refractivity contribution is -0.303. The van der Waals surface area contributed by atoms with E-state index < -0.39 is 24.4 Å². The summed E-state index contributed by atoms with van der Waals surface area (Å²) in [5.41, 5.74) is 7.61. The maximum atomic E-state index is 13.0. The summed E-state index contributed by atoms with van der Waals surface area (Å²) in [6.45, 7) is 0.925. The minimum atomic E-state index is -1.40. The number of hydrogen-bond donors (Lipinski definition) is 2. The van der Waals surface area contributed by atoms with E-state index in [2.05, 4.69) is 5.43 Å². The number of urea groups is 1. The fraction of sp³-hybridized carbons (Fsp3) is 0.200. The number of aliphatic carboxylic acids is 1. The summed E-state index contributed by atoms with van der Waals surface area (Å²) in [6, 6.07) is 2.94. The van der Waals surface area contributed by atoms with Crippen LogP contribution in [0.2, 0.25) is 0 Å². The standard InChI is InChI=1S/C10H12FN3O3/c1-6-4-7(2-3-8(6)11)14(5-9(15)16)13-10(12)17/h2-4H,5H2,1H3,(H,15,16)(H3,12,13,17)/p-1. The summed E-state index contributed by atoms with van der Waals surface area (Å²) in [5, 5.41) is 11.5. The number of anilines is 1. The smallest absolute Gasteiger partial charge is 0.330 e. The van der Waals surface area contributed by atoms with Crippen LogP contribution in [0.25, 0.3) is 0 Å². The number of nitrogens with zero attached hydrogens (tertiary/aromatic N) is 1. The Bertz CT molecular complexity index is 434. The number of nitrogens with two attached hydrogens (primary N) is 1. The molecule has 0 fully saturated rings. The van der Waals surface area contributed by atoms with Crippen molar-refractivity contribution in [2.75, 3.05) is 11.6 Å². The van der Waals surface area contributed by atoms with Crippen LogP contribution < -0.4 is 21.3 Å². The number of nitrogens with one attached hydrogen (secondary N) is 1. The average Bonchev–Trinajstić information content (AvgIpc) is 2.19. The number of carboxylic acid groups (broad SMARTS) is 1. The third-order valence-corrected chi connectivity index (χ3v) is 1.99. The summed E-state index contributed by atoms with van der Waals surface area (Å²) in [6.07, 6.45) is 0. The Kier molecular flexibility index (Phi) is 3.86. The first kappa shape index (κ1) is 12.8. The molecule has 92 valence electrons. The summed E-state index contributed by atoms with van der Waals surface area (Å²) in [7, 11) is 0. The van der Waals surface area contributed by atoms with Crippen LogP contribution in [-0.2, 0) is 4.79 Å². The van der Waals surface area contributed by atoms with Gasteiger partial charge in [0, 0.05) is 0 Å². The van der Waals surface area contributed by atoms with Gasteiger partial charge in [0.1, 0.15) is 5.82 Å². The maximum absolute atomic E-state index is 13.0. The molecular formula is C10H11FN3O3-. The zero-order chi connectivity index (χ0) is 13.0. The summed E-state index contributed by atoms with van der Waals surface area (Å²) in [5.74, 6) is -1.83. The van der Waals surface area contributed by atoms with Crippen molar-refractivity contribution >= 4 is 17.7 Å². The lowest BCUT2D eigenvalue weighted by Crippen LogP contribution is -2.50. The number of hydrogen-bond acceptors (Lipinski definition) is 4. The van der Waals surface area contributed by atoms with Crippen molar-refractivity contribution in [2.24, 2.45) is 5.73 Å². The van der Waals surface area contributed by atoms with E-state index in [9.17, 15) is 19.1 Å². The maximum Gasteiger partial charge on any atom is 0.330 e. The molecule has 0 aromatic heterocycles. The van der Waals surface area contributed by atoms with Crippen LogP contribution in [0.15, 0.2) is 18.2 Å². The number of carbonyl (C=O) groups is 2. The predicted molar refractivity (Wildman–Crippen MR) is 56.2 cm³/mol. The minimum Gasteiger partial charge on any atom is -0.548 e. The van der Waals surface area contributed by atoms with Crippen LogP contribution in [0, 0.1) is 12.7 Å². The second kappa shape index (κ2) is 5.15. The van der Waals surface area contributed by atoms with Crippen LogP contribution in [0.3, 0.4) is 0 Å². The molecule has 1 aromatic carbocycles. The van der Waals surface area contributed by atoms with Crippen molar-refractivity contribution in [1.82, 2.24) is 5.43 Å². The zero-order valence-electron chi connectivity index (χ0n) is 9.07. The number of carbonyl (C=O) groups excluding carboxylic acids is 2. The molecular weight excluding hydrogens is 229 g/mol. The molecule has 0 atom stereocenters. The highest BCUT2D eigenvalue weighted by Crippen LogP contribution is 2.16. The Balaban J connectivity index is 2.98. The molecule has 0 unspecified atom stereocenters. The highest BCUT2D eigenvalue weighted by molar-refractivity contribution is 5.78. The van der Waals surface area contributed by atoms with E-state index in [1.165, 1.54) is 19.1 Å². The van der Waals surface area contributed by atoms with Gasteiger partial charge in [0.15, 0.2) is 0 Å². The van der Waals surface area contributed by atoms with Gasteiger partial charge in [-0.25, -0.2) is 14.6 Å². The Labute approximate surface area is 96.8 Å². The van der Waals surface area contributed by atoms with Gasteiger partial charge in [-0.1, -0.05) is 0 Å². The topological polar surface area (TPSA) is 98.5 Å². The number of carboxylic acids is 1. The van der Waals surface area contributed by atoms with Crippen LogP contribution in [0.5, 0.6) is 0 Å². The van der Waals surface area contributed by atoms with Crippen molar-refractivity contribution in [3.05, 3.63) is 29.6 Å². The molecule has 0 heterocycles. The predicted octanol–water partition coefficient (Wildman–Crippen LogP) is -0.726. The second-order valence-electron chi connectivity index (χ2n) is 3.37. The number of aryl methyl sites for hydroxylation is 1. The fourth-order valence-electron chi connectivity index (χ4n) is 1.25. The molecule has 0 spiro atoms. The average molecular weight is 240 g/mol. The first-order valence-electron chi connectivity index (χ1n) is 4.70. The monoisotopic (exact) mass is 240 g/mol. The molecule has 3 N–H and O–H groups in total. The van der Waals surface area contributed by atoms with Gasteiger partial charge in [0.2, 0.25) is 0 Å². The number of rotatable bonds is 4. The van der Waals surface area contributed by atoms with Gasteiger partial charge >= 0.3 is 6.03 Å². The van der Waals surface area contributed by atoms with Crippen molar-refractivity contribution < 1.29 is 19.1 Å². The third-order valence-electron chi connectivity index (χ3n) is 1.99. The van der Waals surface area contributed by atoms with E-state index >= 15 is 0 Å². The van der Waals surface area contributed by atoms with E-state index in [0.29, 0.717) is 11.3 Å². The number of benzene rings is 1. The first-order chi connectivity index (χ1) is 7.90. The highest BCUT2D eigenvalue weighted by atomic mass is 19.1. The van der Waals surface area contributed by atoms with Gasteiger partial charge in [-0.3, -0.25) is 5.01 Å². The van der Waals surface area contributed by atoms with Gasteiger partial charge < -0.3 is 15.6 Å². The van der Waals surface area contributed by atoms with Gasteiger partial charge in [-0.15, -0.1) is 0 Å². The van der Waals surface area contributed by atoms with Gasteiger partial charge in [0.25, 0.3) is 0 Å². The molecule has 6 nitrogen and oxygen atoms in total. The quantitative estimate of drug-likeness (QED) is 0.678. The zero-order valence-corrected chi connectivity index (χ0v) is 9.07. The Morgan fingerprint density at radius 2 is 2.18 bits per heavy atom. The molecule has 0 aliphatic carbocycles. The van der Waals surface area contributed by atoms with Gasteiger partial charge in [-0.2, -0.15) is 0 Å². The van der Waals surface area contributed by atoms with E-state index in [0.717, 1.165) is 11.1 Å². The number of halogens is 1. The van der Waals surface area contributed by atoms with Crippen LogP contribution in [0.1, 0.15) is 5.56 Å². The fourth-order valence-corrected chi connectivity index (χ4v) is 1.25. The van der Waals surface area contributed by atoms with Crippen molar-refractivity contribution in [3.8, 4) is 0 Å². The van der Waals surface area contributed by atoms with Crippen LogP contribution in [0.4, 0.5) is 14.9 Å². The molecule has 1 rings (SSSR count). The minimum absolute atomic E-state index is 0.298. The Morgan fingerprint density at radius 3 is 2.65 bits per heavy atom. The third kappa shape index (κ3) is 3.63. The molecule has 0 aliphatic rings. The Hall–Kier alpha value is -2.31. The van der Waals surface area contributed by atoms with E-state index in [-0.39, 0.29) is 0 Å². The molecule has 1 aromatic rings. The lowest BCUT2D eigenvalue weighted by Gasteiger charge is -2.25. The van der Waals surface area contributed by atoms with E-state index in [1.54, 1.807) is 0 Å². The number of amides is 2. The molecule has 0 saturated heterocycles. The van der Waals surface area contributed by atoms with E-state index in [4.69, 9.17) is 5.73 Å². The number of hydrazine groups is 1. The Morgan fingerprint density at radius 1 is 1.53 bits per heavy atom. The molecule has 0 aliphatic heterocycles. The number of primary amides is 1. The summed E-state index contributed by atoms with van der Waals surface area (Å²) < 4.78 is 13.0. The second-order valence-corrected chi connectivity index (χ2v) is 3.37. The van der Waals surface area contributed by atoms with Gasteiger partial charge in [-0.05, 0) is 30.7 Å². The molecule has 17 heavy (non-hydrogen) atoms. The first-order valence-corrected chi connectivity index (χ1v) is 4.70. The largest absolute Gasteiger partial charge is 0.548 e. The van der Waals surface area contributed by atoms with Crippen LogP contribution in [-0.4, -0.2) is 18.5 Å². The molecule has 0 radical (unpaired) electrons. The van der Waals surface area contributed by atoms with Crippen molar-refractivity contribution in [2.45, 2.75) is 6.92 Å². The van der Waals surface area contributed by atoms with Crippen molar-refractivity contribution in [3.63, 3.8) is 0 Å².